The van der Waals surface area contributed by atoms with Crippen molar-refractivity contribution in [2.75, 3.05) is 0 Å². The number of aromatic nitrogens is 2. The van der Waals surface area contributed by atoms with Gasteiger partial charge >= 0.3 is 0 Å². The van der Waals surface area contributed by atoms with Crippen LogP contribution in [0.25, 0.3) is 20.8 Å². The molecule has 1 aromatic carbocycles. The molecule has 6 heteroatoms. The maximum Gasteiger partial charge on any atom is 0.159 e. The number of benzene rings is 1. The van der Waals surface area contributed by atoms with Crippen LogP contribution in [0.2, 0.25) is 0 Å². The minimum Gasteiger partial charge on any atom is -0.248 e. The molecule has 0 unspecified atom stereocenters. The molecule has 0 radical (unpaired) electrons. The number of halogens is 3. The van der Waals surface area contributed by atoms with Crippen LogP contribution in [0.15, 0.2) is 35.1 Å². The van der Waals surface area contributed by atoms with Crippen LogP contribution in [-0.2, 0) is 0 Å². The lowest BCUT2D eigenvalue weighted by atomic mass is 10.2. The van der Waals surface area contributed by atoms with Gasteiger partial charge in [0.25, 0.3) is 0 Å². The molecule has 18 heavy (non-hydrogen) atoms. The Labute approximate surface area is 113 Å². The molecule has 3 aromatic rings. The van der Waals surface area contributed by atoms with Crippen molar-refractivity contribution < 1.29 is 8.78 Å². The summed E-state index contributed by atoms with van der Waals surface area (Å²) in [7, 11) is 0. The van der Waals surface area contributed by atoms with Crippen molar-refractivity contribution in [1.82, 2.24) is 9.97 Å². The molecule has 3 rings (SSSR count). The van der Waals surface area contributed by atoms with Crippen molar-refractivity contribution in [2.24, 2.45) is 0 Å². The van der Waals surface area contributed by atoms with Crippen molar-refractivity contribution in [3.63, 3.8) is 0 Å². The first-order valence-electron chi connectivity index (χ1n) is 5.01. The van der Waals surface area contributed by atoms with Crippen LogP contribution in [0.1, 0.15) is 0 Å². The summed E-state index contributed by atoms with van der Waals surface area (Å²) in [4.78, 5) is 8.47. The van der Waals surface area contributed by atoms with E-state index < -0.39 is 11.6 Å². The van der Waals surface area contributed by atoms with Crippen LogP contribution in [0.3, 0.4) is 0 Å². The number of pyridine rings is 1. The lowest BCUT2D eigenvalue weighted by Crippen LogP contribution is -1.84. The number of rotatable bonds is 1. The van der Waals surface area contributed by atoms with Gasteiger partial charge in [0.15, 0.2) is 11.6 Å². The van der Waals surface area contributed by atoms with E-state index >= 15 is 0 Å². The third kappa shape index (κ3) is 2.02. The molecule has 0 aliphatic carbocycles. The van der Waals surface area contributed by atoms with Crippen LogP contribution >= 0.6 is 27.3 Å². The first kappa shape index (κ1) is 11.7. The number of thiazole rings is 1. The molecule has 2 nitrogen and oxygen atoms in total. The van der Waals surface area contributed by atoms with Crippen molar-refractivity contribution in [2.45, 2.75) is 0 Å². The number of hydrogen-bond acceptors (Lipinski definition) is 3. The highest BCUT2D eigenvalue weighted by Gasteiger charge is 2.09. The number of nitrogens with zero attached hydrogens (tertiary/aromatic N) is 2. The van der Waals surface area contributed by atoms with Gasteiger partial charge in [-0.2, -0.15) is 0 Å². The fraction of sp³-hybridized carbons (Fsp3) is 0. The van der Waals surface area contributed by atoms with E-state index in [2.05, 4.69) is 25.9 Å². The summed E-state index contributed by atoms with van der Waals surface area (Å²) in [5.74, 6) is -1.73. The number of fused-ring (bicyclic) bond motifs is 1. The lowest BCUT2D eigenvalue weighted by Gasteiger charge is -1.96. The van der Waals surface area contributed by atoms with Gasteiger partial charge in [0, 0.05) is 11.8 Å². The van der Waals surface area contributed by atoms with Gasteiger partial charge in [-0.3, -0.25) is 0 Å². The summed E-state index contributed by atoms with van der Waals surface area (Å²) in [6.45, 7) is 0. The fourth-order valence-electron chi connectivity index (χ4n) is 1.56. The van der Waals surface area contributed by atoms with E-state index in [0.717, 1.165) is 22.3 Å². The summed E-state index contributed by atoms with van der Waals surface area (Å²) < 4.78 is 27.6. The summed E-state index contributed by atoms with van der Waals surface area (Å²) in [6, 6.07) is 5.55. The van der Waals surface area contributed by atoms with Crippen molar-refractivity contribution in [3.05, 3.63) is 46.7 Å². The Balaban J connectivity index is 2.16. The Morgan fingerprint density at radius 3 is 2.72 bits per heavy atom. The zero-order valence-electron chi connectivity index (χ0n) is 8.82. The highest BCUT2D eigenvalue weighted by molar-refractivity contribution is 9.10. The van der Waals surface area contributed by atoms with Gasteiger partial charge in [-0.25, -0.2) is 18.7 Å². The van der Waals surface area contributed by atoms with Crippen LogP contribution < -0.4 is 0 Å². The minimum atomic E-state index is -0.869. The second-order valence-corrected chi connectivity index (χ2v) is 5.47. The first-order chi connectivity index (χ1) is 8.63. The Kier molecular flexibility index (Phi) is 2.83. The van der Waals surface area contributed by atoms with Gasteiger partial charge in [-0.15, -0.1) is 11.3 Å². The quantitative estimate of drug-likeness (QED) is 0.619. The highest BCUT2D eigenvalue weighted by atomic mass is 79.9. The third-order valence-electron chi connectivity index (χ3n) is 2.41. The molecular formula is C12H5BrF2N2S. The minimum absolute atomic E-state index is 0.561. The van der Waals surface area contributed by atoms with Crippen LogP contribution in [-0.4, -0.2) is 9.97 Å². The smallest absolute Gasteiger partial charge is 0.159 e. The lowest BCUT2D eigenvalue weighted by molar-refractivity contribution is 0.509. The Morgan fingerprint density at radius 1 is 1.11 bits per heavy atom. The van der Waals surface area contributed by atoms with E-state index in [1.165, 1.54) is 17.4 Å². The molecule has 0 aliphatic heterocycles. The third-order valence-corrected chi connectivity index (χ3v) is 3.90. The van der Waals surface area contributed by atoms with E-state index in [4.69, 9.17) is 0 Å². The average molecular weight is 327 g/mol. The second kappa shape index (κ2) is 4.37. The Morgan fingerprint density at radius 2 is 1.94 bits per heavy atom. The molecule has 0 saturated carbocycles. The predicted octanol–water partition coefficient (Wildman–Crippen LogP) is 4.40. The average Bonchev–Trinajstić information content (AvgIpc) is 2.75. The molecule has 0 fully saturated rings. The molecule has 2 heterocycles. The predicted molar refractivity (Wildman–Crippen MR) is 70.5 cm³/mol. The molecule has 90 valence electrons. The Bertz CT molecular complexity index is 742. The zero-order valence-corrected chi connectivity index (χ0v) is 11.2. The normalized spacial score (nSPS) is 11.1. The summed E-state index contributed by atoms with van der Waals surface area (Å²) >= 11 is 4.65. The van der Waals surface area contributed by atoms with Crippen LogP contribution in [0.5, 0.6) is 0 Å². The summed E-state index contributed by atoms with van der Waals surface area (Å²) in [5, 5.41) is 0.642. The van der Waals surface area contributed by atoms with Crippen molar-refractivity contribution in [3.8, 4) is 10.6 Å². The monoisotopic (exact) mass is 326 g/mol. The molecule has 0 saturated heterocycles. The topological polar surface area (TPSA) is 25.8 Å². The fourth-order valence-corrected chi connectivity index (χ4v) is 2.79. The van der Waals surface area contributed by atoms with Crippen LogP contribution in [0, 0.1) is 11.6 Å². The van der Waals surface area contributed by atoms with E-state index in [1.54, 1.807) is 12.3 Å². The largest absolute Gasteiger partial charge is 0.248 e. The molecule has 0 aliphatic rings. The zero-order chi connectivity index (χ0) is 12.7. The van der Waals surface area contributed by atoms with Gasteiger partial charge < -0.3 is 0 Å². The van der Waals surface area contributed by atoms with E-state index in [0.29, 0.717) is 15.2 Å². The van der Waals surface area contributed by atoms with Crippen molar-refractivity contribution in [1.29, 1.82) is 0 Å². The Hall–Kier alpha value is -1.40. The van der Waals surface area contributed by atoms with Gasteiger partial charge in [-0.1, -0.05) is 0 Å². The molecule has 2 aromatic heterocycles. The number of hydrogen-bond donors (Lipinski definition) is 0. The molecule has 0 spiro atoms. The van der Waals surface area contributed by atoms with E-state index in [1.807, 2.05) is 0 Å². The second-order valence-electron chi connectivity index (χ2n) is 3.62. The highest BCUT2D eigenvalue weighted by Crippen LogP contribution is 2.31. The SMILES string of the molecule is Fc1ccc(-c2nc3cc(Br)ncc3s2)cc1F. The van der Waals surface area contributed by atoms with Gasteiger partial charge in [0.1, 0.15) is 9.61 Å². The first-order valence-corrected chi connectivity index (χ1v) is 6.62. The molecule has 0 atom stereocenters. The van der Waals surface area contributed by atoms with Crippen LogP contribution in [0.4, 0.5) is 8.78 Å². The van der Waals surface area contributed by atoms with E-state index in [9.17, 15) is 8.78 Å². The molecule has 0 bridgehead atoms. The summed E-state index contributed by atoms with van der Waals surface area (Å²) in [6.07, 6.45) is 1.69. The molecule has 0 amide bonds. The van der Waals surface area contributed by atoms with E-state index in [-0.39, 0.29) is 0 Å². The van der Waals surface area contributed by atoms with Gasteiger partial charge in [0.05, 0.1) is 10.2 Å². The summed E-state index contributed by atoms with van der Waals surface area (Å²) in [5.41, 5.74) is 1.34. The van der Waals surface area contributed by atoms with Gasteiger partial charge in [-0.05, 0) is 40.2 Å². The molecular weight excluding hydrogens is 322 g/mol. The standard InChI is InChI=1S/C12H5BrF2N2S/c13-11-4-9-10(5-16-11)18-12(17-9)6-1-2-7(14)8(15)3-6/h1-5H. The van der Waals surface area contributed by atoms with Crippen molar-refractivity contribution >= 4 is 37.5 Å². The molecule has 0 N–H and O–H groups in total. The maximum atomic E-state index is 13.2. The maximum absolute atomic E-state index is 13.2. The van der Waals surface area contributed by atoms with Gasteiger partial charge in [0.2, 0.25) is 0 Å².